The van der Waals surface area contributed by atoms with Gasteiger partial charge in [0.05, 0.1) is 11.9 Å². The molecule has 100 valence electrons. The molecular formula is C12H21NNa2O4. The van der Waals surface area contributed by atoms with Crippen molar-refractivity contribution in [2.45, 2.75) is 39.5 Å². The fourth-order valence-electron chi connectivity index (χ4n) is 1.82. The molecule has 0 spiro atoms. The van der Waals surface area contributed by atoms with Gasteiger partial charge in [-0.1, -0.05) is 13.8 Å². The minimum atomic E-state index is -1.55. The Balaban J connectivity index is -0.00000128. The van der Waals surface area contributed by atoms with Crippen molar-refractivity contribution in [3.8, 4) is 0 Å². The third-order valence-corrected chi connectivity index (χ3v) is 2.62. The van der Waals surface area contributed by atoms with Gasteiger partial charge in [0, 0.05) is 5.92 Å². The van der Waals surface area contributed by atoms with E-state index in [1.165, 1.54) is 0 Å². The van der Waals surface area contributed by atoms with Gasteiger partial charge in [0.15, 0.2) is 0 Å². The summed E-state index contributed by atoms with van der Waals surface area (Å²) in [5.41, 5.74) is 0. The standard InChI is InChI=1S/C12H23NO4.2Na/c1-3-7-13(8-4-2)9-5-6-10(11(14)15)12(16)17;;/h10H,3-9H2,1-2H3,(H,14,15)(H,16,17);;/q;2*+1/p-2. The summed E-state index contributed by atoms with van der Waals surface area (Å²) in [6.45, 7) is 6.78. The van der Waals surface area contributed by atoms with Gasteiger partial charge in [0.1, 0.15) is 0 Å². The molecule has 0 unspecified atom stereocenters. The van der Waals surface area contributed by atoms with Crippen molar-refractivity contribution < 1.29 is 78.9 Å². The van der Waals surface area contributed by atoms with Crippen molar-refractivity contribution in [3.63, 3.8) is 0 Å². The van der Waals surface area contributed by atoms with Gasteiger partial charge in [-0.3, -0.25) is 0 Å². The number of carboxylic acids is 2. The normalized spacial score (nSPS) is 9.89. The van der Waals surface area contributed by atoms with Crippen molar-refractivity contribution in [1.82, 2.24) is 4.90 Å². The SMILES string of the molecule is CCCN(CCC)CCCC(C(=O)[O-])C(=O)[O-].[Na+].[Na+]. The topological polar surface area (TPSA) is 83.5 Å². The van der Waals surface area contributed by atoms with Crippen LogP contribution >= 0.6 is 0 Å². The number of carbonyl (C=O) groups is 2. The second-order valence-corrected chi connectivity index (χ2v) is 4.17. The first kappa shape index (κ1) is 24.9. The van der Waals surface area contributed by atoms with E-state index in [2.05, 4.69) is 18.7 Å². The zero-order valence-corrected chi connectivity index (χ0v) is 16.6. The molecule has 5 nitrogen and oxygen atoms in total. The molecule has 0 heterocycles. The van der Waals surface area contributed by atoms with Crippen molar-refractivity contribution in [2.24, 2.45) is 5.92 Å². The Bertz CT molecular complexity index is 232. The van der Waals surface area contributed by atoms with Crippen LogP contribution in [-0.2, 0) is 9.59 Å². The second-order valence-electron chi connectivity index (χ2n) is 4.17. The van der Waals surface area contributed by atoms with Crippen LogP contribution in [0, 0.1) is 5.92 Å². The number of nitrogens with zero attached hydrogens (tertiary/aromatic N) is 1. The maximum Gasteiger partial charge on any atom is 1.00 e. The zero-order valence-electron chi connectivity index (χ0n) is 12.6. The van der Waals surface area contributed by atoms with Crippen molar-refractivity contribution >= 4 is 11.9 Å². The van der Waals surface area contributed by atoms with E-state index in [0.717, 1.165) is 32.5 Å². The van der Waals surface area contributed by atoms with E-state index in [1.54, 1.807) is 0 Å². The average Bonchev–Trinajstić information content (AvgIpc) is 2.23. The van der Waals surface area contributed by atoms with Gasteiger partial charge in [-0.05, 0) is 45.3 Å². The molecule has 7 heteroatoms. The Morgan fingerprint density at radius 2 is 1.37 bits per heavy atom. The van der Waals surface area contributed by atoms with Crippen LogP contribution in [0.1, 0.15) is 39.5 Å². The summed E-state index contributed by atoms with van der Waals surface area (Å²) in [4.78, 5) is 23.3. The maximum absolute atomic E-state index is 10.5. The van der Waals surface area contributed by atoms with E-state index in [0.29, 0.717) is 6.42 Å². The zero-order chi connectivity index (χ0) is 13.3. The first-order valence-electron chi connectivity index (χ1n) is 6.16. The summed E-state index contributed by atoms with van der Waals surface area (Å²) in [7, 11) is 0. The van der Waals surface area contributed by atoms with E-state index in [1.807, 2.05) is 0 Å². The average molecular weight is 289 g/mol. The van der Waals surface area contributed by atoms with Gasteiger partial charge >= 0.3 is 59.1 Å². The van der Waals surface area contributed by atoms with Crippen LogP contribution in [0.25, 0.3) is 0 Å². The molecule has 0 bridgehead atoms. The number of rotatable bonds is 10. The molecule has 0 aromatic rings. The van der Waals surface area contributed by atoms with Crippen LogP contribution in [0.5, 0.6) is 0 Å². The molecule has 0 atom stereocenters. The molecule has 0 aliphatic rings. The van der Waals surface area contributed by atoms with Crippen molar-refractivity contribution in [2.75, 3.05) is 19.6 Å². The minimum Gasteiger partial charge on any atom is -0.549 e. The molecule has 0 amide bonds. The largest absolute Gasteiger partial charge is 1.00 e. The van der Waals surface area contributed by atoms with Gasteiger partial charge in [-0.25, -0.2) is 0 Å². The van der Waals surface area contributed by atoms with Crippen LogP contribution in [0.2, 0.25) is 0 Å². The molecule has 0 saturated heterocycles. The Morgan fingerprint density at radius 1 is 0.947 bits per heavy atom. The predicted octanol–water partition coefficient (Wildman–Crippen LogP) is -6.99. The number of hydrogen-bond acceptors (Lipinski definition) is 5. The molecule has 0 aromatic heterocycles. The third kappa shape index (κ3) is 12.4. The van der Waals surface area contributed by atoms with E-state index < -0.39 is 17.9 Å². The molecule has 0 aliphatic carbocycles. The fourth-order valence-corrected chi connectivity index (χ4v) is 1.82. The van der Waals surface area contributed by atoms with Crippen molar-refractivity contribution in [3.05, 3.63) is 0 Å². The summed E-state index contributed by atoms with van der Waals surface area (Å²) in [5, 5.41) is 21.0. The van der Waals surface area contributed by atoms with Crippen molar-refractivity contribution in [1.29, 1.82) is 0 Å². The first-order valence-corrected chi connectivity index (χ1v) is 6.16. The van der Waals surface area contributed by atoms with E-state index >= 15 is 0 Å². The molecule has 0 fully saturated rings. The van der Waals surface area contributed by atoms with Gasteiger partial charge < -0.3 is 24.7 Å². The molecular weight excluding hydrogens is 268 g/mol. The summed E-state index contributed by atoms with van der Waals surface area (Å²) in [5.74, 6) is -4.59. The predicted molar refractivity (Wildman–Crippen MR) is 59.8 cm³/mol. The molecule has 0 saturated carbocycles. The molecule has 0 radical (unpaired) electrons. The Kier molecular flexibility index (Phi) is 20.0. The summed E-state index contributed by atoms with van der Waals surface area (Å²) in [6, 6.07) is 0. The quantitative estimate of drug-likeness (QED) is 0.295. The van der Waals surface area contributed by atoms with Crippen LogP contribution in [0.3, 0.4) is 0 Å². The maximum atomic E-state index is 10.5. The minimum absolute atomic E-state index is 0. The smallest absolute Gasteiger partial charge is 0.549 e. The molecule has 0 rings (SSSR count). The Hall–Kier alpha value is 0.900. The van der Waals surface area contributed by atoms with Gasteiger partial charge in [-0.15, -0.1) is 0 Å². The second kappa shape index (κ2) is 15.3. The van der Waals surface area contributed by atoms with Crippen LogP contribution < -0.4 is 69.3 Å². The third-order valence-electron chi connectivity index (χ3n) is 2.62. The van der Waals surface area contributed by atoms with Gasteiger partial charge in [-0.2, -0.15) is 0 Å². The molecule has 19 heavy (non-hydrogen) atoms. The fraction of sp³-hybridized carbons (Fsp3) is 0.833. The summed E-state index contributed by atoms with van der Waals surface area (Å²) < 4.78 is 0. The summed E-state index contributed by atoms with van der Waals surface area (Å²) >= 11 is 0. The number of carboxylic acid groups (broad SMARTS) is 2. The molecule has 0 aliphatic heterocycles. The Morgan fingerprint density at radius 3 is 1.68 bits per heavy atom. The van der Waals surface area contributed by atoms with Gasteiger partial charge in [0.2, 0.25) is 0 Å². The summed E-state index contributed by atoms with van der Waals surface area (Å²) in [6.07, 6.45) is 2.68. The monoisotopic (exact) mass is 289 g/mol. The van der Waals surface area contributed by atoms with Crippen LogP contribution in [0.15, 0.2) is 0 Å². The number of hydrogen-bond donors (Lipinski definition) is 0. The van der Waals surface area contributed by atoms with E-state index in [-0.39, 0.29) is 65.5 Å². The Labute approximate surface area is 159 Å². The first-order chi connectivity index (χ1) is 8.02. The number of carbonyl (C=O) groups excluding carboxylic acids is 2. The van der Waals surface area contributed by atoms with Crippen LogP contribution in [0.4, 0.5) is 0 Å². The molecule has 0 N–H and O–H groups in total. The van der Waals surface area contributed by atoms with E-state index in [9.17, 15) is 19.8 Å². The number of aliphatic carboxylic acids is 2. The van der Waals surface area contributed by atoms with E-state index in [4.69, 9.17) is 0 Å². The molecule has 0 aromatic carbocycles. The van der Waals surface area contributed by atoms with Crippen LogP contribution in [-0.4, -0.2) is 36.5 Å². The van der Waals surface area contributed by atoms with Gasteiger partial charge in [0.25, 0.3) is 0 Å².